The molecule has 0 radical (unpaired) electrons. The molecule has 1 nitrogen and oxygen atoms in total. The van der Waals surface area contributed by atoms with Gasteiger partial charge in [-0.3, -0.25) is 0 Å². The highest BCUT2D eigenvalue weighted by atomic mass is 32.1. The molecule has 1 heterocycles. The monoisotopic (exact) mass is 140 g/mol. The predicted octanol–water partition coefficient (Wildman–Crippen LogP) is 1.80. The third kappa shape index (κ3) is 1.39. The van der Waals surface area contributed by atoms with Crippen molar-refractivity contribution in [3.8, 4) is 0 Å². The van der Waals surface area contributed by atoms with Crippen molar-refractivity contribution in [3.63, 3.8) is 0 Å². The molecule has 48 valence electrons. The van der Waals surface area contributed by atoms with Crippen LogP contribution >= 0.6 is 11.3 Å². The van der Waals surface area contributed by atoms with Gasteiger partial charge in [0.2, 0.25) is 0 Å². The Bertz CT molecular complexity index is 202. The van der Waals surface area contributed by atoms with Gasteiger partial charge >= 0.3 is 0 Å². The Hall–Kier alpha value is -0.630. The Morgan fingerprint density at radius 1 is 1.78 bits per heavy atom. The first kappa shape index (κ1) is 6.49. The van der Waals surface area contributed by atoms with Crippen molar-refractivity contribution in [2.75, 3.05) is 0 Å². The van der Waals surface area contributed by atoms with Crippen LogP contribution in [0.2, 0.25) is 0 Å². The molecule has 0 aromatic carbocycles. The Morgan fingerprint density at radius 3 is 3.00 bits per heavy atom. The van der Waals surface area contributed by atoms with Crippen LogP contribution in [-0.4, -0.2) is 6.29 Å². The van der Waals surface area contributed by atoms with Gasteiger partial charge in [0.15, 0.2) is 0 Å². The van der Waals surface area contributed by atoms with Crippen LogP contribution in [0, 0.1) is 6.92 Å². The summed E-state index contributed by atoms with van der Waals surface area (Å²) >= 11 is 1.64. The third-order valence-electron chi connectivity index (χ3n) is 1.24. The maximum Gasteiger partial charge on any atom is 0.125 e. The van der Waals surface area contributed by atoms with Gasteiger partial charge in [0.25, 0.3) is 0 Å². The zero-order valence-corrected chi connectivity index (χ0v) is 6.07. The number of carbonyl (C=O) groups excluding carboxylic acids is 1. The summed E-state index contributed by atoms with van der Waals surface area (Å²) < 4.78 is 0. The number of aryl methyl sites for hydroxylation is 1. The quantitative estimate of drug-likeness (QED) is 0.572. The molecule has 0 unspecified atom stereocenters. The van der Waals surface area contributed by atoms with Crippen molar-refractivity contribution in [3.05, 3.63) is 21.9 Å². The fourth-order valence-electron chi connectivity index (χ4n) is 0.689. The van der Waals surface area contributed by atoms with Gasteiger partial charge in [-0.2, -0.15) is 0 Å². The van der Waals surface area contributed by atoms with Crippen molar-refractivity contribution in [1.29, 1.82) is 0 Å². The Labute approximate surface area is 58.3 Å². The maximum absolute atomic E-state index is 10.0. The molecule has 0 aliphatic rings. The van der Waals surface area contributed by atoms with Gasteiger partial charge in [0.1, 0.15) is 6.29 Å². The van der Waals surface area contributed by atoms with E-state index < -0.39 is 0 Å². The minimum atomic E-state index is 0.573. The van der Waals surface area contributed by atoms with Crippen LogP contribution in [0.15, 0.2) is 11.4 Å². The lowest BCUT2D eigenvalue weighted by Gasteiger charge is -1.87. The standard InChI is InChI=1S/C7H8OS/c1-6-3-5-9-7(6)2-4-8/h3-5H,2H2,1H3. The van der Waals surface area contributed by atoms with E-state index in [9.17, 15) is 4.79 Å². The van der Waals surface area contributed by atoms with Crippen molar-refractivity contribution in [2.45, 2.75) is 13.3 Å². The highest BCUT2D eigenvalue weighted by molar-refractivity contribution is 7.10. The number of rotatable bonds is 2. The van der Waals surface area contributed by atoms with Crippen LogP contribution < -0.4 is 0 Å². The average Bonchev–Trinajstić information content (AvgIpc) is 2.18. The number of thiophene rings is 1. The van der Waals surface area contributed by atoms with E-state index in [1.165, 1.54) is 10.4 Å². The predicted molar refractivity (Wildman–Crippen MR) is 38.8 cm³/mol. The third-order valence-corrected chi connectivity index (χ3v) is 2.28. The Balaban J connectivity index is 2.80. The normalized spacial score (nSPS) is 9.44. The molecule has 1 rings (SSSR count). The van der Waals surface area contributed by atoms with Crippen LogP contribution in [0.4, 0.5) is 0 Å². The van der Waals surface area contributed by atoms with Gasteiger partial charge in [-0.1, -0.05) is 0 Å². The fraction of sp³-hybridized carbons (Fsp3) is 0.286. The van der Waals surface area contributed by atoms with Crippen molar-refractivity contribution in [1.82, 2.24) is 0 Å². The summed E-state index contributed by atoms with van der Waals surface area (Å²) in [5.41, 5.74) is 1.23. The lowest BCUT2D eigenvalue weighted by Crippen LogP contribution is -1.81. The summed E-state index contributed by atoms with van der Waals surface area (Å²) in [4.78, 5) is 11.2. The first-order valence-electron chi connectivity index (χ1n) is 2.81. The topological polar surface area (TPSA) is 17.1 Å². The Kier molecular flexibility index (Phi) is 2.01. The first-order valence-corrected chi connectivity index (χ1v) is 3.69. The smallest absolute Gasteiger partial charge is 0.125 e. The highest BCUT2D eigenvalue weighted by Gasteiger charge is 1.95. The molecule has 0 saturated carbocycles. The molecular formula is C7H8OS. The molecule has 0 saturated heterocycles. The van der Waals surface area contributed by atoms with Crippen LogP contribution in [-0.2, 0) is 11.2 Å². The molecular weight excluding hydrogens is 132 g/mol. The van der Waals surface area contributed by atoms with Crippen molar-refractivity contribution >= 4 is 17.6 Å². The van der Waals surface area contributed by atoms with E-state index in [1.54, 1.807) is 11.3 Å². The van der Waals surface area contributed by atoms with Gasteiger partial charge in [0, 0.05) is 11.3 Å². The minimum absolute atomic E-state index is 0.573. The van der Waals surface area contributed by atoms with Crippen LogP contribution in [0.25, 0.3) is 0 Å². The van der Waals surface area contributed by atoms with Gasteiger partial charge in [-0.25, -0.2) is 0 Å². The second kappa shape index (κ2) is 2.78. The van der Waals surface area contributed by atoms with E-state index in [4.69, 9.17) is 0 Å². The van der Waals surface area contributed by atoms with Gasteiger partial charge in [-0.15, -0.1) is 11.3 Å². The van der Waals surface area contributed by atoms with Crippen LogP contribution in [0.5, 0.6) is 0 Å². The Morgan fingerprint density at radius 2 is 2.56 bits per heavy atom. The average molecular weight is 140 g/mol. The number of hydrogen-bond donors (Lipinski definition) is 0. The molecule has 0 spiro atoms. The number of aldehydes is 1. The summed E-state index contributed by atoms with van der Waals surface area (Å²) in [7, 11) is 0. The van der Waals surface area contributed by atoms with E-state index in [0.29, 0.717) is 6.42 Å². The molecule has 1 aromatic rings. The second-order valence-corrected chi connectivity index (χ2v) is 2.90. The largest absolute Gasteiger partial charge is 0.303 e. The maximum atomic E-state index is 10.0. The highest BCUT2D eigenvalue weighted by Crippen LogP contribution is 2.14. The van der Waals surface area contributed by atoms with E-state index in [-0.39, 0.29) is 0 Å². The molecule has 0 bridgehead atoms. The molecule has 2 heteroatoms. The van der Waals surface area contributed by atoms with Gasteiger partial charge in [0.05, 0.1) is 0 Å². The molecule has 0 aliphatic heterocycles. The first-order chi connectivity index (χ1) is 4.34. The summed E-state index contributed by atoms with van der Waals surface area (Å²) in [5.74, 6) is 0. The SMILES string of the molecule is Cc1ccsc1CC=O. The number of hydrogen-bond acceptors (Lipinski definition) is 2. The molecule has 0 amide bonds. The van der Waals surface area contributed by atoms with Gasteiger partial charge < -0.3 is 4.79 Å². The fourth-order valence-corrected chi connectivity index (χ4v) is 1.54. The van der Waals surface area contributed by atoms with E-state index in [1.807, 2.05) is 18.4 Å². The molecule has 0 aliphatic carbocycles. The summed E-state index contributed by atoms with van der Waals surface area (Å²) in [6.07, 6.45) is 1.52. The van der Waals surface area contributed by atoms with E-state index >= 15 is 0 Å². The van der Waals surface area contributed by atoms with Gasteiger partial charge in [-0.05, 0) is 23.9 Å². The molecule has 1 aromatic heterocycles. The van der Waals surface area contributed by atoms with E-state index in [0.717, 1.165) is 6.29 Å². The van der Waals surface area contributed by atoms with E-state index in [2.05, 4.69) is 0 Å². The summed E-state index contributed by atoms with van der Waals surface area (Å²) in [5, 5.41) is 2.01. The van der Waals surface area contributed by atoms with Crippen molar-refractivity contribution < 1.29 is 4.79 Å². The van der Waals surface area contributed by atoms with Crippen molar-refractivity contribution in [2.24, 2.45) is 0 Å². The zero-order valence-electron chi connectivity index (χ0n) is 5.26. The summed E-state index contributed by atoms with van der Waals surface area (Å²) in [6, 6.07) is 2.03. The lowest BCUT2D eigenvalue weighted by molar-refractivity contribution is -0.107. The molecule has 0 atom stereocenters. The lowest BCUT2D eigenvalue weighted by atomic mass is 10.2. The number of carbonyl (C=O) groups is 1. The molecule has 9 heavy (non-hydrogen) atoms. The minimum Gasteiger partial charge on any atom is -0.303 e. The van der Waals surface area contributed by atoms with Crippen LogP contribution in [0.1, 0.15) is 10.4 Å². The molecule has 0 N–H and O–H groups in total. The summed E-state index contributed by atoms with van der Waals surface area (Å²) in [6.45, 7) is 2.02. The zero-order chi connectivity index (χ0) is 6.69. The molecule has 0 fully saturated rings. The van der Waals surface area contributed by atoms with Crippen LogP contribution in [0.3, 0.4) is 0 Å². The second-order valence-electron chi connectivity index (χ2n) is 1.90.